The smallest absolute Gasteiger partial charge is 0.271 e. The molecule has 2 amide bonds. The summed E-state index contributed by atoms with van der Waals surface area (Å²) in [4.78, 5) is 23.4. The molecule has 1 aliphatic heterocycles. The third-order valence-corrected chi connectivity index (χ3v) is 3.28. The molecule has 0 saturated heterocycles. The van der Waals surface area contributed by atoms with E-state index in [-0.39, 0.29) is 11.8 Å². The SMILES string of the molecule is CC(C)c1cccc(NC(=O)C2=NN(C)C(=O)CC2)c1. The van der Waals surface area contributed by atoms with E-state index in [2.05, 4.69) is 24.3 Å². The molecule has 1 aromatic carbocycles. The standard InChI is InChI=1S/C15H19N3O2/c1-10(2)11-5-4-6-12(9-11)16-15(20)13-7-8-14(19)18(3)17-13/h4-6,9-10H,7-8H2,1-3H3,(H,16,20). The zero-order valence-electron chi connectivity index (χ0n) is 12.0. The van der Waals surface area contributed by atoms with Gasteiger partial charge in [-0.2, -0.15) is 5.10 Å². The highest BCUT2D eigenvalue weighted by Crippen LogP contribution is 2.19. The lowest BCUT2D eigenvalue weighted by Crippen LogP contribution is -2.34. The lowest BCUT2D eigenvalue weighted by Gasteiger charge is -2.19. The maximum absolute atomic E-state index is 12.1. The fourth-order valence-corrected chi connectivity index (χ4v) is 2.01. The van der Waals surface area contributed by atoms with Crippen LogP contribution in [0.15, 0.2) is 29.4 Å². The maximum Gasteiger partial charge on any atom is 0.271 e. The van der Waals surface area contributed by atoms with Gasteiger partial charge in [-0.15, -0.1) is 0 Å². The number of rotatable bonds is 3. The molecule has 0 unspecified atom stereocenters. The molecule has 0 fully saturated rings. The molecule has 0 aliphatic carbocycles. The summed E-state index contributed by atoms with van der Waals surface area (Å²) >= 11 is 0. The normalized spacial score (nSPS) is 15.3. The highest BCUT2D eigenvalue weighted by Gasteiger charge is 2.21. The number of amides is 2. The highest BCUT2D eigenvalue weighted by atomic mass is 16.2. The average Bonchev–Trinajstić information content (AvgIpc) is 2.42. The summed E-state index contributed by atoms with van der Waals surface area (Å²) in [5.41, 5.74) is 2.31. The van der Waals surface area contributed by atoms with Crippen molar-refractivity contribution in [2.24, 2.45) is 5.10 Å². The van der Waals surface area contributed by atoms with E-state index in [9.17, 15) is 9.59 Å². The van der Waals surface area contributed by atoms with Crippen molar-refractivity contribution in [2.45, 2.75) is 32.6 Å². The van der Waals surface area contributed by atoms with Gasteiger partial charge in [0.15, 0.2) is 0 Å². The van der Waals surface area contributed by atoms with Crippen molar-refractivity contribution < 1.29 is 9.59 Å². The summed E-state index contributed by atoms with van der Waals surface area (Å²) in [6.45, 7) is 4.21. The van der Waals surface area contributed by atoms with Gasteiger partial charge in [-0.1, -0.05) is 26.0 Å². The van der Waals surface area contributed by atoms with E-state index in [4.69, 9.17) is 0 Å². The predicted molar refractivity (Wildman–Crippen MR) is 78.6 cm³/mol. The number of benzene rings is 1. The van der Waals surface area contributed by atoms with Crippen molar-refractivity contribution in [3.63, 3.8) is 0 Å². The number of hydrogen-bond acceptors (Lipinski definition) is 3. The van der Waals surface area contributed by atoms with Crippen LogP contribution in [-0.2, 0) is 9.59 Å². The van der Waals surface area contributed by atoms with Gasteiger partial charge in [0, 0.05) is 25.6 Å². The van der Waals surface area contributed by atoms with Gasteiger partial charge in [0.2, 0.25) is 5.91 Å². The molecule has 1 N–H and O–H groups in total. The second-order valence-electron chi connectivity index (χ2n) is 5.20. The molecule has 1 aromatic rings. The molecule has 0 atom stereocenters. The number of nitrogens with zero attached hydrogens (tertiary/aromatic N) is 2. The van der Waals surface area contributed by atoms with Crippen LogP contribution in [-0.4, -0.2) is 29.6 Å². The third-order valence-electron chi connectivity index (χ3n) is 3.28. The Hall–Kier alpha value is -2.17. The molecule has 0 bridgehead atoms. The minimum absolute atomic E-state index is 0.0663. The Morgan fingerprint density at radius 2 is 2.10 bits per heavy atom. The average molecular weight is 273 g/mol. The zero-order chi connectivity index (χ0) is 14.7. The molecule has 0 spiro atoms. The van der Waals surface area contributed by atoms with E-state index in [1.165, 1.54) is 10.6 Å². The van der Waals surface area contributed by atoms with E-state index >= 15 is 0 Å². The van der Waals surface area contributed by atoms with Crippen molar-refractivity contribution in [3.05, 3.63) is 29.8 Å². The first-order chi connectivity index (χ1) is 9.47. The van der Waals surface area contributed by atoms with E-state index in [0.29, 0.717) is 24.5 Å². The number of anilines is 1. The maximum atomic E-state index is 12.1. The molecule has 0 radical (unpaired) electrons. The van der Waals surface area contributed by atoms with Crippen LogP contribution in [0.1, 0.15) is 38.2 Å². The van der Waals surface area contributed by atoms with E-state index in [1.807, 2.05) is 24.3 Å². The number of hydrogen-bond donors (Lipinski definition) is 1. The molecule has 1 heterocycles. The molecule has 1 aliphatic rings. The van der Waals surface area contributed by atoms with Gasteiger partial charge in [0.05, 0.1) is 0 Å². The second-order valence-corrected chi connectivity index (χ2v) is 5.20. The summed E-state index contributed by atoms with van der Waals surface area (Å²) in [7, 11) is 1.56. The Bertz CT molecular complexity index is 564. The van der Waals surface area contributed by atoms with Crippen LogP contribution in [0, 0.1) is 0 Å². The van der Waals surface area contributed by atoms with Gasteiger partial charge in [-0.3, -0.25) is 9.59 Å². The van der Waals surface area contributed by atoms with Crippen molar-refractivity contribution in [2.75, 3.05) is 12.4 Å². The lowest BCUT2D eigenvalue weighted by atomic mass is 10.0. The van der Waals surface area contributed by atoms with Gasteiger partial charge in [-0.25, -0.2) is 5.01 Å². The predicted octanol–water partition coefficient (Wildman–Crippen LogP) is 2.36. The summed E-state index contributed by atoms with van der Waals surface area (Å²) in [5, 5.41) is 8.07. The topological polar surface area (TPSA) is 61.8 Å². The Balaban J connectivity index is 2.10. The number of carbonyl (C=O) groups excluding carboxylic acids is 2. The minimum atomic E-state index is -0.245. The summed E-state index contributed by atoms with van der Waals surface area (Å²) < 4.78 is 0. The molecular formula is C15H19N3O2. The first-order valence-corrected chi connectivity index (χ1v) is 6.72. The summed E-state index contributed by atoms with van der Waals surface area (Å²) in [6, 6.07) is 7.76. The van der Waals surface area contributed by atoms with Gasteiger partial charge < -0.3 is 5.32 Å². The Labute approximate surface area is 118 Å². The molecule has 0 saturated carbocycles. The number of carbonyl (C=O) groups is 2. The number of nitrogens with one attached hydrogen (secondary N) is 1. The van der Waals surface area contributed by atoms with Gasteiger partial charge in [0.25, 0.3) is 5.91 Å². The van der Waals surface area contributed by atoms with Crippen LogP contribution >= 0.6 is 0 Å². The van der Waals surface area contributed by atoms with Crippen LogP contribution in [0.2, 0.25) is 0 Å². The third kappa shape index (κ3) is 3.23. The molecule has 2 rings (SSSR count). The van der Waals surface area contributed by atoms with E-state index in [0.717, 1.165) is 5.69 Å². The highest BCUT2D eigenvalue weighted by molar-refractivity contribution is 6.43. The van der Waals surface area contributed by atoms with Crippen LogP contribution in [0.5, 0.6) is 0 Å². The van der Waals surface area contributed by atoms with Gasteiger partial charge >= 0.3 is 0 Å². The van der Waals surface area contributed by atoms with Crippen molar-refractivity contribution in [1.29, 1.82) is 0 Å². The Morgan fingerprint density at radius 3 is 2.75 bits per heavy atom. The first kappa shape index (κ1) is 14.2. The molecular weight excluding hydrogens is 254 g/mol. The van der Waals surface area contributed by atoms with Crippen LogP contribution < -0.4 is 5.32 Å². The zero-order valence-corrected chi connectivity index (χ0v) is 12.0. The molecule has 106 valence electrons. The summed E-state index contributed by atoms with van der Waals surface area (Å²) in [6.07, 6.45) is 0.716. The van der Waals surface area contributed by atoms with Crippen LogP contribution in [0.3, 0.4) is 0 Å². The molecule has 0 aromatic heterocycles. The number of hydrazone groups is 1. The molecule has 20 heavy (non-hydrogen) atoms. The molecule has 5 heteroatoms. The monoisotopic (exact) mass is 273 g/mol. The first-order valence-electron chi connectivity index (χ1n) is 6.72. The Morgan fingerprint density at radius 1 is 1.35 bits per heavy atom. The molecule has 5 nitrogen and oxygen atoms in total. The van der Waals surface area contributed by atoms with Gasteiger partial charge in [0.1, 0.15) is 5.71 Å². The Kier molecular flexibility index (Phi) is 4.17. The van der Waals surface area contributed by atoms with Crippen LogP contribution in [0.25, 0.3) is 0 Å². The second kappa shape index (κ2) is 5.86. The van der Waals surface area contributed by atoms with Crippen molar-refractivity contribution in [1.82, 2.24) is 5.01 Å². The van der Waals surface area contributed by atoms with Crippen LogP contribution in [0.4, 0.5) is 5.69 Å². The quantitative estimate of drug-likeness (QED) is 0.919. The van der Waals surface area contributed by atoms with Gasteiger partial charge in [-0.05, 0) is 23.6 Å². The lowest BCUT2D eigenvalue weighted by molar-refractivity contribution is -0.130. The fourth-order valence-electron chi connectivity index (χ4n) is 2.01. The largest absolute Gasteiger partial charge is 0.321 e. The van der Waals surface area contributed by atoms with E-state index in [1.54, 1.807) is 7.05 Å². The van der Waals surface area contributed by atoms with Crippen molar-refractivity contribution in [3.8, 4) is 0 Å². The minimum Gasteiger partial charge on any atom is -0.321 e. The fraction of sp³-hybridized carbons (Fsp3) is 0.400. The van der Waals surface area contributed by atoms with E-state index < -0.39 is 0 Å². The summed E-state index contributed by atoms with van der Waals surface area (Å²) in [5.74, 6) is 0.0937. The van der Waals surface area contributed by atoms with Crippen molar-refractivity contribution >= 4 is 23.2 Å².